The van der Waals surface area contributed by atoms with Gasteiger partial charge >= 0.3 is 0 Å². The van der Waals surface area contributed by atoms with E-state index in [1.54, 1.807) is 24.3 Å². The zero-order chi connectivity index (χ0) is 26.6. The second-order valence-electron chi connectivity index (χ2n) is 9.35. The third kappa shape index (κ3) is 5.62. The molecular weight excluding hydrogens is 496 g/mol. The Bertz CT molecular complexity index is 1510. The van der Waals surface area contributed by atoms with Gasteiger partial charge in [0, 0.05) is 34.1 Å². The van der Waals surface area contributed by atoms with Gasteiger partial charge in [0.1, 0.15) is 0 Å². The number of amides is 2. The molecule has 0 aliphatic carbocycles. The summed E-state index contributed by atoms with van der Waals surface area (Å²) < 4.78 is 0. The number of anilines is 3. The molecule has 5 rings (SSSR count). The van der Waals surface area contributed by atoms with E-state index in [4.69, 9.17) is 11.6 Å². The second kappa shape index (κ2) is 10.9. The lowest BCUT2D eigenvalue weighted by atomic mass is 9.99. The van der Waals surface area contributed by atoms with Gasteiger partial charge in [-0.1, -0.05) is 60.1 Å². The lowest BCUT2D eigenvalue weighted by Crippen LogP contribution is -2.12. The largest absolute Gasteiger partial charge is 0.354 e. The SMILES string of the molecule is CN(C)Cc1ccc(N/C(=C2\C(=O)Nc3cc(Cl)ccc32)c2ccc(NC(=O)c3ccccc3)cc2)cc1. The molecule has 0 radical (unpaired) electrons. The third-order valence-electron chi connectivity index (χ3n) is 6.17. The summed E-state index contributed by atoms with van der Waals surface area (Å²) >= 11 is 6.18. The summed E-state index contributed by atoms with van der Waals surface area (Å²) in [5.74, 6) is -0.399. The van der Waals surface area contributed by atoms with Gasteiger partial charge in [0.25, 0.3) is 11.8 Å². The monoisotopic (exact) mass is 522 g/mol. The fourth-order valence-electron chi connectivity index (χ4n) is 4.39. The number of carbonyl (C=O) groups excluding carboxylic acids is 2. The average molecular weight is 523 g/mol. The molecule has 6 nitrogen and oxygen atoms in total. The van der Waals surface area contributed by atoms with Crippen LogP contribution in [-0.2, 0) is 11.3 Å². The summed E-state index contributed by atoms with van der Waals surface area (Å²) in [6, 6.07) is 30.0. The van der Waals surface area contributed by atoms with E-state index in [-0.39, 0.29) is 11.8 Å². The van der Waals surface area contributed by atoms with Crippen molar-refractivity contribution in [1.29, 1.82) is 0 Å². The van der Waals surface area contributed by atoms with E-state index in [2.05, 4.69) is 33.0 Å². The van der Waals surface area contributed by atoms with Crippen LogP contribution in [0.25, 0.3) is 11.3 Å². The summed E-state index contributed by atoms with van der Waals surface area (Å²) in [4.78, 5) is 27.9. The van der Waals surface area contributed by atoms with Gasteiger partial charge in [0.2, 0.25) is 0 Å². The zero-order valence-electron chi connectivity index (χ0n) is 21.1. The standard InChI is InChI=1S/C31H27ClN4O2/c1-36(2)19-20-8-13-24(14-9-20)33-29(28-26-17-12-23(32)18-27(26)35-31(28)38)21-10-15-25(16-11-21)34-30(37)22-6-4-3-5-7-22/h3-18,33H,19H2,1-2H3,(H,34,37)(H,35,38)/b29-28-. The number of halogens is 1. The molecule has 2 amide bonds. The van der Waals surface area contributed by atoms with Crippen LogP contribution in [-0.4, -0.2) is 30.8 Å². The van der Waals surface area contributed by atoms with Crippen molar-refractivity contribution in [3.05, 3.63) is 124 Å². The first kappa shape index (κ1) is 25.3. The number of fused-ring (bicyclic) bond motifs is 1. The lowest BCUT2D eigenvalue weighted by Gasteiger charge is -2.16. The van der Waals surface area contributed by atoms with Crippen LogP contribution in [0.4, 0.5) is 17.1 Å². The van der Waals surface area contributed by atoms with Crippen molar-refractivity contribution in [2.24, 2.45) is 0 Å². The highest BCUT2D eigenvalue weighted by molar-refractivity contribution is 6.38. The average Bonchev–Trinajstić information content (AvgIpc) is 3.23. The number of rotatable bonds is 7. The molecule has 3 N–H and O–H groups in total. The maximum atomic E-state index is 13.2. The highest BCUT2D eigenvalue weighted by Gasteiger charge is 2.28. The Balaban J connectivity index is 1.50. The number of benzene rings is 4. The van der Waals surface area contributed by atoms with Crippen LogP contribution in [0.2, 0.25) is 5.02 Å². The number of nitrogens with zero attached hydrogens (tertiary/aromatic N) is 1. The molecular formula is C31H27ClN4O2. The highest BCUT2D eigenvalue weighted by Crippen LogP contribution is 2.39. The van der Waals surface area contributed by atoms with Crippen LogP contribution in [0, 0.1) is 0 Å². The summed E-state index contributed by atoms with van der Waals surface area (Å²) in [6.45, 7) is 0.834. The van der Waals surface area contributed by atoms with Crippen molar-refractivity contribution in [3.63, 3.8) is 0 Å². The molecule has 4 aromatic carbocycles. The highest BCUT2D eigenvalue weighted by atomic mass is 35.5. The summed E-state index contributed by atoms with van der Waals surface area (Å²) in [6.07, 6.45) is 0. The van der Waals surface area contributed by atoms with Crippen molar-refractivity contribution >= 4 is 51.7 Å². The van der Waals surface area contributed by atoms with Gasteiger partial charge in [-0.25, -0.2) is 0 Å². The molecule has 4 aromatic rings. The Hall–Kier alpha value is -4.39. The molecule has 0 bridgehead atoms. The minimum absolute atomic E-state index is 0.186. The molecule has 0 saturated heterocycles. The molecule has 0 spiro atoms. The first-order valence-electron chi connectivity index (χ1n) is 12.2. The van der Waals surface area contributed by atoms with Crippen LogP contribution in [0.3, 0.4) is 0 Å². The topological polar surface area (TPSA) is 73.5 Å². The minimum Gasteiger partial charge on any atom is -0.354 e. The Morgan fingerprint density at radius 2 is 1.47 bits per heavy atom. The van der Waals surface area contributed by atoms with Gasteiger partial charge in [0.15, 0.2) is 0 Å². The van der Waals surface area contributed by atoms with E-state index in [9.17, 15) is 9.59 Å². The van der Waals surface area contributed by atoms with Gasteiger partial charge in [-0.05, 0) is 73.8 Å². The van der Waals surface area contributed by atoms with E-state index < -0.39 is 0 Å². The van der Waals surface area contributed by atoms with E-state index >= 15 is 0 Å². The van der Waals surface area contributed by atoms with Crippen LogP contribution >= 0.6 is 11.6 Å². The molecule has 1 aliphatic heterocycles. The van der Waals surface area contributed by atoms with Crippen LogP contribution < -0.4 is 16.0 Å². The Morgan fingerprint density at radius 3 is 2.16 bits per heavy atom. The molecule has 0 fully saturated rings. The molecule has 0 aromatic heterocycles. The Labute approximate surface area is 226 Å². The van der Waals surface area contributed by atoms with Gasteiger partial charge in [-0.2, -0.15) is 0 Å². The van der Waals surface area contributed by atoms with Crippen LogP contribution in [0.5, 0.6) is 0 Å². The smallest absolute Gasteiger partial charge is 0.258 e. The van der Waals surface area contributed by atoms with Crippen LogP contribution in [0.1, 0.15) is 27.0 Å². The maximum absolute atomic E-state index is 13.2. The Kier molecular flexibility index (Phi) is 7.26. The normalized spacial score (nSPS) is 13.6. The predicted octanol–water partition coefficient (Wildman–Crippen LogP) is 6.59. The maximum Gasteiger partial charge on any atom is 0.258 e. The van der Waals surface area contributed by atoms with E-state index in [1.165, 1.54) is 5.56 Å². The number of hydrogen-bond acceptors (Lipinski definition) is 4. The number of carbonyl (C=O) groups is 2. The van der Waals surface area contributed by atoms with Crippen LogP contribution in [0.15, 0.2) is 97.1 Å². The predicted molar refractivity (Wildman–Crippen MR) is 155 cm³/mol. The van der Waals surface area contributed by atoms with Gasteiger partial charge in [-0.15, -0.1) is 0 Å². The number of nitrogens with one attached hydrogen (secondary N) is 3. The summed E-state index contributed by atoms with van der Waals surface area (Å²) in [5, 5.41) is 9.87. The summed E-state index contributed by atoms with van der Waals surface area (Å²) in [7, 11) is 4.06. The quantitative estimate of drug-likeness (QED) is 0.239. The van der Waals surface area contributed by atoms with E-state index in [0.29, 0.717) is 33.2 Å². The first-order valence-corrected chi connectivity index (χ1v) is 12.6. The fourth-order valence-corrected chi connectivity index (χ4v) is 4.56. The molecule has 0 unspecified atom stereocenters. The summed E-state index contributed by atoms with van der Waals surface area (Å²) in [5.41, 5.74) is 6.70. The molecule has 7 heteroatoms. The Morgan fingerprint density at radius 1 is 0.816 bits per heavy atom. The third-order valence-corrected chi connectivity index (χ3v) is 6.40. The fraction of sp³-hybridized carbons (Fsp3) is 0.0968. The van der Waals surface area contributed by atoms with Crippen molar-refractivity contribution in [2.45, 2.75) is 6.54 Å². The van der Waals surface area contributed by atoms with E-state index in [0.717, 1.165) is 23.4 Å². The first-order chi connectivity index (χ1) is 18.4. The van der Waals surface area contributed by atoms with Crippen molar-refractivity contribution in [2.75, 3.05) is 30.0 Å². The molecule has 190 valence electrons. The number of hydrogen-bond donors (Lipinski definition) is 3. The van der Waals surface area contributed by atoms with Crippen molar-refractivity contribution in [1.82, 2.24) is 4.90 Å². The molecule has 0 atom stereocenters. The van der Waals surface area contributed by atoms with Gasteiger partial charge in [0.05, 0.1) is 17.0 Å². The van der Waals surface area contributed by atoms with E-state index in [1.807, 2.05) is 74.8 Å². The molecule has 1 aliphatic rings. The molecule has 1 heterocycles. The molecule has 0 saturated carbocycles. The second-order valence-corrected chi connectivity index (χ2v) is 9.79. The minimum atomic E-state index is -0.213. The van der Waals surface area contributed by atoms with Gasteiger partial charge < -0.3 is 20.9 Å². The van der Waals surface area contributed by atoms with Crippen molar-refractivity contribution in [3.8, 4) is 0 Å². The van der Waals surface area contributed by atoms with Crippen molar-refractivity contribution < 1.29 is 9.59 Å². The lowest BCUT2D eigenvalue weighted by molar-refractivity contribution is -0.110. The zero-order valence-corrected chi connectivity index (χ0v) is 21.8. The van der Waals surface area contributed by atoms with Gasteiger partial charge in [-0.3, -0.25) is 9.59 Å². The molecule has 38 heavy (non-hydrogen) atoms.